The molecule has 0 aromatic carbocycles. The van der Waals surface area contributed by atoms with Crippen LogP contribution in [0.5, 0.6) is 0 Å². The highest BCUT2D eigenvalue weighted by atomic mass is 16.4. The molecule has 1 amide bonds. The lowest BCUT2D eigenvalue weighted by atomic mass is 9.88. The molecule has 4 heteroatoms. The standard InChI is InChI=1S/C14H25NO3/c1-10(2)12(5-6-14(17)18)7-8-15-13(16)9-11-3-4-11/h10-12H,3-9H2,1-2H3,(H,15,16)(H,17,18). The van der Waals surface area contributed by atoms with Gasteiger partial charge in [-0.2, -0.15) is 0 Å². The van der Waals surface area contributed by atoms with Crippen molar-refractivity contribution in [3.63, 3.8) is 0 Å². The minimum Gasteiger partial charge on any atom is -0.481 e. The lowest BCUT2D eigenvalue weighted by Crippen LogP contribution is -2.27. The van der Waals surface area contributed by atoms with Crippen molar-refractivity contribution in [1.29, 1.82) is 0 Å². The van der Waals surface area contributed by atoms with Crippen molar-refractivity contribution in [2.24, 2.45) is 17.8 Å². The molecule has 1 atom stereocenters. The molecule has 1 unspecified atom stereocenters. The van der Waals surface area contributed by atoms with Gasteiger partial charge in [-0.3, -0.25) is 9.59 Å². The highest BCUT2D eigenvalue weighted by Crippen LogP contribution is 2.32. The SMILES string of the molecule is CC(C)C(CCNC(=O)CC1CC1)CCC(=O)O. The fraction of sp³-hybridized carbons (Fsp3) is 0.857. The van der Waals surface area contributed by atoms with Crippen LogP contribution in [0.4, 0.5) is 0 Å². The number of carbonyl (C=O) groups is 2. The Labute approximate surface area is 109 Å². The average Bonchev–Trinajstić information content (AvgIpc) is 3.05. The average molecular weight is 255 g/mol. The van der Waals surface area contributed by atoms with E-state index < -0.39 is 5.97 Å². The Kier molecular flexibility index (Phi) is 6.16. The van der Waals surface area contributed by atoms with Crippen LogP contribution < -0.4 is 5.32 Å². The lowest BCUT2D eigenvalue weighted by molar-refractivity contribution is -0.137. The van der Waals surface area contributed by atoms with Crippen molar-refractivity contribution < 1.29 is 14.7 Å². The zero-order valence-corrected chi connectivity index (χ0v) is 11.4. The molecule has 0 aromatic heterocycles. The molecule has 0 spiro atoms. The summed E-state index contributed by atoms with van der Waals surface area (Å²) in [6.07, 6.45) is 4.86. The van der Waals surface area contributed by atoms with Gasteiger partial charge in [-0.25, -0.2) is 0 Å². The van der Waals surface area contributed by atoms with Crippen molar-refractivity contribution in [2.45, 2.75) is 52.4 Å². The number of amides is 1. The third-order valence-electron chi connectivity index (χ3n) is 3.68. The first kappa shape index (κ1) is 15.0. The highest BCUT2D eigenvalue weighted by molar-refractivity contribution is 5.76. The molecular formula is C14H25NO3. The van der Waals surface area contributed by atoms with Gasteiger partial charge in [0.25, 0.3) is 0 Å². The summed E-state index contributed by atoms with van der Waals surface area (Å²) in [5, 5.41) is 11.6. The van der Waals surface area contributed by atoms with E-state index in [9.17, 15) is 9.59 Å². The first-order chi connectivity index (χ1) is 8.49. The summed E-state index contributed by atoms with van der Waals surface area (Å²) < 4.78 is 0. The van der Waals surface area contributed by atoms with E-state index in [0.717, 1.165) is 6.42 Å². The van der Waals surface area contributed by atoms with E-state index in [-0.39, 0.29) is 12.3 Å². The Morgan fingerprint density at radius 3 is 2.44 bits per heavy atom. The topological polar surface area (TPSA) is 66.4 Å². The van der Waals surface area contributed by atoms with Gasteiger partial charge in [0.15, 0.2) is 0 Å². The number of carbonyl (C=O) groups excluding carboxylic acids is 1. The van der Waals surface area contributed by atoms with E-state index in [1.54, 1.807) is 0 Å². The van der Waals surface area contributed by atoms with Gasteiger partial charge in [0.1, 0.15) is 0 Å². The van der Waals surface area contributed by atoms with Gasteiger partial charge in [0, 0.05) is 19.4 Å². The Morgan fingerprint density at radius 2 is 1.94 bits per heavy atom. The predicted octanol–water partition coefficient (Wildman–Crippen LogP) is 2.43. The molecular weight excluding hydrogens is 230 g/mol. The molecule has 0 heterocycles. The Morgan fingerprint density at radius 1 is 1.28 bits per heavy atom. The minimum absolute atomic E-state index is 0.151. The summed E-state index contributed by atoms with van der Waals surface area (Å²) >= 11 is 0. The van der Waals surface area contributed by atoms with Gasteiger partial charge in [-0.15, -0.1) is 0 Å². The van der Waals surface area contributed by atoms with E-state index in [2.05, 4.69) is 19.2 Å². The van der Waals surface area contributed by atoms with E-state index in [1.807, 2.05) is 0 Å². The maximum absolute atomic E-state index is 11.5. The van der Waals surface area contributed by atoms with Crippen LogP contribution in [0.1, 0.15) is 52.4 Å². The van der Waals surface area contributed by atoms with Crippen molar-refractivity contribution in [3.05, 3.63) is 0 Å². The summed E-state index contributed by atoms with van der Waals surface area (Å²) in [4.78, 5) is 22.1. The van der Waals surface area contributed by atoms with Gasteiger partial charge in [0.2, 0.25) is 5.91 Å². The molecule has 4 nitrogen and oxygen atoms in total. The molecule has 1 aliphatic rings. The zero-order valence-electron chi connectivity index (χ0n) is 11.4. The summed E-state index contributed by atoms with van der Waals surface area (Å²) in [5.41, 5.74) is 0. The van der Waals surface area contributed by atoms with Gasteiger partial charge in [-0.1, -0.05) is 13.8 Å². The number of carboxylic acid groups (broad SMARTS) is 1. The molecule has 1 aliphatic carbocycles. The second-order valence-corrected chi connectivity index (χ2v) is 5.72. The first-order valence-electron chi connectivity index (χ1n) is 6.97. The largest absolute Gasteiger partial charge is 0.481 e. The number of hydrogen-bond acceptors (Lipinski definition) is 2. The number of aliphatic carboxylic acids is 1. The summed E-state index contributed by atoms with van der Waals surface area (Å²) in [6.45, 7) is 4.89. The highest BCUT2D eigenvalue weighted by Gasteiger charge is 2.24. The van der Waals surface area contributed by atoms with Gasteiger partial charge >= 0.3 is 5.97 Å². The van der Waals surface area contributed by atoms with Crippen molar-refractivity contribution in [1.82, 2.24) is 5.32 Å². The first-order valence-corrected chi connectivity index (χ1v) is 6.97. The van der Waals surface area contributed by atoms with Crippen LogP contribution in [0.2, 0.25) is 0 Å². The lowest BCUT2D eigenvalue weighted by Gasteiger charge is -2.20. The molecule has 0 saturated heterocycles. The van der Waals surface area contributed by atoms with Crippen molar-refractivity contribution in [2.75, 3.05) is 6.54 Å². The molecule has 2 N–H and O–H groups in total. The van der Waals surface area contributed by atoms with Crippen LogP contribution in [0.25, 0.3) is 0 Å². The number of hydrogen-bond donors (Lipinski definition) is 2. The van der Waals surface area contributed by atoms with Crippen molar-refractivity contribution >= 4 is 11.9 Å². The van der Waals surface area contributed by atoms with Crippen LogP contribution >= 0.6 is 0 Å². The quantitative estimate of drug-likeness (QED) is 0.665. The molecule has 0 aromatic rings. The summed E-state index contributed by atoms with van der Waals surface area (Å²) in [5.74, 6) is 0.876. The molecule has 0 bridgehead atoms. The Hall–Kier alpha value is -1.06. The normalized spacial score (nSPS) is 16.6. The predicted molar refractivity (Wildman–Crippen MR) is 70.2 cm³/mol. The molecule has 104 valence electrons. The van der Waals surface area contributed by atoms with E-state index in [1.165, 1.54) is 12.8 Å². The third kappa shape index (κ3) is 6.62. The second-order valence-electron chi connectivity index (χ2n) is 5.72. The fourth-order valence-electron chi connectivity index (χ4n) is 2.17. The summed E-state index contributed by atoms with van der Waals surface area (Å²) in [6, 6.07) is 0. The van der Waals surface area contributed by atoms with Gasteiger partial charge in [-0.05, 0) is 43.4 Å². The second kappa shape index (κ2) is 7.39. The summed E-state index contributed by atoms with van der Waals surface area (Å²) in [7, 11) is 0. The zero-order chi connectivity index (χ0) is 13.5. The maximum Gasteiger partial charge on any atom is 0.303 e. The maximum atomic E-state index is 11.5. The minimum atomic E-state index is -0.738. The molecule has 0 aliphatic heterocycles. The fourth-order valence-corrected chi connectivity index (χ4v) is 2.17. The molecule has 1 saturated carbocycles. The monoisotopic (exact) mass is 255 g/mol. The molecule has 1 rings (SSSR count). The number of rotatable bonds is 9. The van der Waals surface area contributed by atoms with Crippen molar-refractivity contribution in [3.8, 4) is 0 Å². The molecule has 1 fully saturated rings. The van der Waals surface area contributed by atoms with E-state index in [4.69, 9.17) is 5.11 Å². The van der Waals surface area contributed by atoms with Crippen LogP contribution in [-0.2, 0) is 9.59 Å². The van der Waals surface area contributed by atoms with E-state index in [0.29, 0.717) is 37.1 Å². The third-order valence-corrected chi connectivity index (χ3v) is 3.68. The van der Waals surface area contributed by atoms with Crippen LogP contribution in [0.3, 0.4) is 0 Å². The molecule has 0 radical (unpaired) electrons. The van der Waals surface area contributed by atoms with Crippen LogP contribution in [0, 0.1) is 17.8 Å². The van der Waals surface area contributed by atoms with Gasteiger partial charge < -0.3 is 10.4 Å². The number of nitrogens with one attached hydrogen (secondary N) is 1. The van der Waals surface area contributed by atoms with Crippen LogP contribution in [0.15, 0.2) is 0 Å². The Balaban J connectivity index is 2.15. The smallest absolute Gasteiger partial charge is 0.303 e. The van der Waals surface area contributed by atoms with Gasteiger partial charge in [0.05, 0.1) is 0 Å². The van der Waals surface area contributed by atoms with E-state index >= 15 is 0 Å². The Bertz CT molecular complexity index is 285. The number of carboxylic acids is 1. The van der Waals surface area contributed by atoms with Crippen LogP contribution in [-0.4, -0.2) is 23.5 Å². The molecule has 18 heavy (non-hydrogen) atoms.